The topological polar surface area (TPSA) is 24.7 Å². The smallest absolute Gasteiger partial charge is 0.0639 e. The standard InChI is InChI=1S/C32H48N2.Pd/c1-5-9-14-18-27-24-28(19-15-10-6-2)26-30(25-27)34-32(23-12-8-4)31(22-11-7-3)33-29-20-16-13-17-21-29;/h13,16-17,20-21,24-26H,5-12,14-15,18-19,22-23H2,1-4H3;. The molecule has 0 heterocycles. The molecule has 0 aliphatic heterocycles. The number of para-hydroxylation sites is 1. The maximum absolute atomic E-state index is 5.31. The fourth-order valence-electron chi connectivity index (χ4n) is 4.29. The number of hydrogen-bond acceptors (Lipinski definition) is 2. The van der Waals surface area contributed by atoms with E-state index in [1.165, 1.54) is 73.9 Å². The van der Waals surface area contributed by atoms with Crippen LogP contribution in [0.5, 0.6) is 0 Å². The number of unbranched alkanes of at least 4 members (excludes halogenated alkanes) is 6. The zero-order valence-electron chi connectivity index (χ0n) is 22.7. The Morgan fingerprint density at radius 1 is 0.543 bits per heavy atom. The molecule has 196 valence electrons. The van der Waals surface area contributed by atoms with Gasteiger partial charge in [-0.1, -0.05) is 90.5 Å². The second kappa shape index (κ2) is 19.6. The zero-order valence-corrected chi connectivity index (χ0v) is 24.3. The molecule has 0 amide bonds. The van der Waals surface area contributed by atoms with Gasteiger partial charge in [0.05, 0.1) is 22.8 Å². The van der Waals surface area contributed by atoms with Crippen LogP contribution in [-0.2, 0) is 33.3 Å². The summed E-state index contributed by atoms with van der Waals surface area (Å²) in [5, 5.41) is 0. The number of rotatable bonds is 17. The van der Waals surface area contributed by atoms with E-state index in [-0.39, 0.29) is 20.4 Å². The van der Waals surface area contributed by atoms with E-state index in [9.17, 15) is 0 Å². The first-order chi connectivity index (χ1) is 16.7. The summed E-state index contributed by atoms with van der Waals surface area (Å²) in [6.07, 6.45) is 16.6. The van der Waals surface area contributed by atoms with Crippen molar-refractivity contribution in [3.8, 4) is 0 Å². The summed E-state index contributed by atoms with van der Waals surface area (Å²) in [7, 11) is 0. The van der Waals surface area contributed by atoms with E-state index in [0.29, 0.717) is 0 Å². The normalized spacial score (nSPS) is 12.0. The van der Waals surface area contributed by atoms with Gasteiger partial charge in [-0.15, -0.1) is 0 Å². The Labute approximate surface area is 229 Å². The van der Waals surface area contributed by atoms with Crippen LogP contribution in [0.1, 0.15) is 116 Å². The maximum Gasteiger partial charge on any atom is 0.0639 e. The van der Waals surface area contributed by atoms with E-state index < -0.39 is 0 Å². The number of hydrogen-bond donors (Lipinski definition) is 0. The van der Waals surface area contributed by atoms with Gasteiger partial charge in [0.1, 0.15) is 0 Å². The van der Waals surface area contributed by atoms with Crippen LogP contribution in [0.4, 0.5) is 11.4 Å². The van der Waals surface area contributed by atoms with Crippen molar-refractivity contribution in [3.63, 3.8) is 0 Å². The second-order valence-electron chi connectivity index (χ2n) is 9.58. The SMILES string of the molecule is CCCCCc1cc(CCCCC)cc(N=C(CCCC)C(CCCC)=Nc2ccccc2)c1.[Pd]. The summed E-state index contributed by atoms with van der Waals surface area (Å²) in [4.78, 5) is 10.4. The van der Waals surface area contributed by atoms with Gasteiger partial charge < -0.3 is 0 Å². The van der Waals surface area contributed by atoms with Crippen molar-refractivity contribution in [1.29, 1.82) is 0 Å². The summed E-state index contributed by atoms with van der Waals surface area (Å²) < 4.78 is 0. The molecule has 0 radical (unpaired) electrons. The molecule has 0 unspecified atom stereocenters. The van der Waals surface area contributed by atoms with Crippen LogP contribution in [-0.4, -0.2) is 11.4 Å². The molecular formula is C32H48N2Pd. The van der Waals surface area contributed by atoms with Crippen LogP contribution >= 0.6 is 0 Å². The van der Waals surface area contributed by atoms with Gasteiger partial charge in [-0.3, -0.25) is 9.98 Å². The van der Waals surface area contributed by atoms with Crippen molar-refractivity contribution in [1.82, 2.24) is 0 Å². The molecule has 0 aliphatic carbocycles. The van der Waals surface area contributed by atoms with Gasteiger partial charge >= 0.3 is 0 Å². The Morgan fingerprint density at radius 2 is 1.00 bits per heavy atom. The van der Waals surface area contributed by atoms with Crippen LogP contribution in [0.25, 0.3) is 0 Å². The monoisotopic (exact) mass is 566 g/mol. The van der Waals surface area contributed by atoms with Crippen LogP contribution < -0.4 is 0 Å². The van der Waals surface area contributed by atoms with Gasteiger partial charge in [0.25, 0.3) is 0 Å². The van der Waals surface area contributed by atoms with Gasteiger partial charge in [-0.25, -0.2) is 0 Å². The number of aliphatic imine (C=N–C) groups is 2. The molecule has 0 fully saturated rings. The summed E-state index contributed by atoms with van der Waals surface area (Å²) in [6, 6.07) is 17.5. The van der Waals surface area contributed by atoms with Gasteiger partial charge in [-0.05, 0) is 86.8 Å². The van der Waals surface area contributed by atoms with Crippen LogP contribution in [0, 0.1) is 0 Å². The van der Waals surface area contributed by atoms with Gasteiger partial charge in [0.2, 0.25) is 0 Å². The van der Waals surface area contributed by atoms with Crippen molar-refractivity contribution < 1.29 is 20.4 Å². The first-order valence-corrected chi connectivity index (χ1v) is 14.0. The van der Waals surface area contributed by atoms with Crippen molar-refractivity contribution >= 4 is 22.8 Å². The number of nitrogens with zero attached hydrogens (tertiary/aromatic N) is 2. The largest absolute Gasteiger partial charge is 0.252 e. The Bertz CT molecular complexity index is 842. The first-order valence-electron chi connectivity index (χ1n) is 14.0. The molecule has 0 atom stereocenters. The zero-order chi connectivity index (χ0) is 24.4. The molecule has 3 heteroatoms. The Balaban J connectivity index is 0.00000612. The molecule has 0 N–H and O–H groups in total. The third-order valence-electron chi connectivity index (χ3n) is 6.33. The Morgan fingerprint density at radius 3 is 1.46 bits per heavy atom. The van der Waals surface area contributed by atoms with E-state index in [1.54, 1.807) is 0 Å². The Hall–Kier alpha value is -1.56. The Kier molecular flexibility index (Phi) is 17.6. The third kappa shape index (κ3) is 12.8. The van der Waals surface area contributed by atoms with Gasteiger partial charge in [-0.2, -0.15) is 0 Å². The fourth-order valence-corrected chi connectivity index (χ4v) is 4.29. The summed E-state index contributed by atoms with van der Waals surface area (Å²) in [5.74, 6) is 0. The van der Waals surface area contributed by atoms with Crippen LogP contribution in [0.2, 0.25) is 0 Å². The average Bonchev–Trinajstić information content (AvgIpc) is 2.85. The van der Waals surface area contributed by atoms with Crippen molar-refractivity contribution in [3.05, 3.63) is 59.7 Å². The predicted molar refractivity (Wildman–Crippen MR) is 153 cm³/mol. The minimum Gasteiger partial charge on any atom is -0.252 e. The minimum absolute atomic E-state index is 0. The molecule has 0 saturated heterocycles. The molecule has 2 nitrogen and oxygen atoms in total. The molecule has 2 aromatic carbocycles. The van der Waals surface area contributed by atoms with Crippen molar-refractivity contribution in [2.75, 3.05) is 0 Å². The fraction of sp³-hybridized carbons (Fsp3) is 0.562. The molecule has 2 rings (SSSR count). The van der Waals surface area contributed by atoms with E-state index in [2.05, 4.69) is 76.2 Å². The maximum atomic E-state index is 5.31. The van der Waals surface area contributed by atoms with E-state index in [1.807, 2.05) is 0 Å². The summed E-state index contributed by atoms with van der Waals surface area (Å²) in [5.41, 5.74) is 7.42. The molecule has 0 bridgehead atoms. The number of benzene rings is 2. The molecule has 0 spiro atoms. The quantitative estimate of drug-likeness (QED) is 0.103. The van der Waals surface area contributed by atoms with E-state index in [0.717, 1.165) is 49.9 Å². The number of aryl methyl sites for hydroxylation is 2. The predicted octanol–water partition coefficient (Wildman–Crippen LogP) is 10.4. The first kappa shape index (κ1) is 31.5. The molecule has 2 aromatic rings. The van der Waals surface area contributed by atoms with Crippen LogP contribution in [0.3, 0.4) is 0 Å². The average molecular weight is 567 g/mol. The minimum atomic E-state index is 0. The molecule has 35 heavy (non-hydrogen) atoms. The molecule has 0 aliphatic rings. The second-order valence-corrected chi connectivity index (χ2v) is 9.58. The third-order valence-corrected chi connectivity index (χ3v) is 6.33. The molecular weight excluding hydrogens is 519 g/mol. The molecule has 0 aromatic heterocycles. The van der Waals surface area contributed by atoms with E-state index >= 15 is 0 Å². The van der Waals surface area contributed by atoms with Gasteiger partial charge in [0.15, 0.2) is 0 Å². The van der Waals surface area contributed by atoms with Crippen molar-refractivity contribution in [2.45, 2.75) is 118 Å². The summed E-state index contributed by atoms with van der Waals surface area (Å²) >= 11 is 0. The molecule has 0 saturated carbocycles. The van der Waals surface area contributed by atoms with Crippen LogP contribution in [0.15, 0.2) is 58.5 Å². The van der Waals surface area contributed by atoms with Gasteiger partial charge in [0, 0.05) is 20.4 Å². The van der Waals surface area contributed by atoms with E-state index in [4.69, 9.17) is 9.98 Å². The van der Waals surface area contributed by atoms with Crippen molar-refractivity contribution in [2.24, 2.45) is 9.98 Å². The summed E-state index contributed by atoms with van der Waals surface area (Å²) in [6.45, 7) is 9.07.